The fourth-order valence-corrected chi connectivity index (χ4v) is 3.90. The van der Waals surface area contributed by atoms with E-state index in [1.807, 2.05) is 0 Å². The van der Waals surface area contributed by atoms with Crippen LogP contribution in [0.2, 0.25) is 0 Å². The van der Waals surface area contributed by atoms with E-state index >= 15 is 0 Å². The van der Waals surface area contributed by atoms with Crippen LogP contribution >= 0.6 is 0 Å². The van der Waals surface area contributed by atoms with Crippen molar-refractivity contribution in [2.45, 2.75) is 51.2 Å². The maximum Gasteiger partial charge on any atom is 0.352 e. The van der Waals surface area contributed by atoms with Crippen LogP contribution in [0.5, 0.6) is 5.88 Å². The summed E-state index contributed by atoms with van der Waals surface area (Å²) >= 11 is 0. The van der Waals surface area contributed by atoms with Crippen LogP contribution in [0.25, 0.3) is 0 Å². The van der Waals surface area contributed by atoms with Crippen molar-refractivity contribution in [3.63, 3.8) is 0 Å². The second-order valence-electron chi connectivity index (χ2n) is 8.31. The summed E-state index contributed by atoms with van der Waals surface area (Å²) in [5.74, 6) is -1.12. The number of halogens is 2. The standard InChI is InChI=1S/C18H23B2F2N3O2/c1-10(2)25-14-8-13(23-16(26)24(14)9-17(25,3)4)27-18(19,20)11-6-5-7-12(21)15(11)22/h5-8,10H,9,19-20H2,1-4H3. The van der Waals surface area contributed by atoms with Crippen molar-refractivity contribution in [2.24, 2.45) is 0 Å². The van der Waals surface area contributed by atoms with Gasteiger partial charge >= 0.3 is 5.69 Å². The van der Waals surface area contributed by atoms with E-state index in [-0.39, 0.29) is 23.0 Å². The monoisotopic (exact) mass is 373 g/mol. The zero-order valence-corrected chi connectivity index (χ0v) is 16.5. The van der Waals surface area contributed by atoms with Gasteiger partial charge in [-0.1, -0.05) is 12.1 Å². The number of aromatic nitrogens is 2. The molecule has 1 aliphatic heterocycles. The molecule has 0 N–H and O–H groups in total. The maximum atomic E-state index is 14.2. The number of benzene rings is 1. The van der Waals surface area contributed by atoms with Gasteiger partial charge in [0.2, 0.25) is 5.88 Å². The molecule has 142 valence electrons. The van der Waals surface area contributed by atoms with Crippen LogP contribution in [-0.4, -0.2) is 36.8 Å². The second kappa shape index (κ2) is 6.39. The molecular weight excluding hydrogens is 350 g/mol. The molecule has 1 aliphatic rings. The first-order valence-electron chi connectivity index (χ1n) is 8.99. The van der Waals surface area contributed by atoms with Gasteiger partial charge in [-0.2, -0.15) is 4.98 Å². The first kappa shape index (κ1) is 19.5. The van der Waals surface area contributed by atoms with Gasteiger partial charge in [-0.15, -0.1) is 0 Å². The second-order valence-corrected chi connectivity index (χ2v) is 8.31. The van der Waals surface area contributed by atoms with Crippen LogP contribution < -0.4 is 15.3 Å². The molecule has 0 aliphatic carbocycles. The molecule has 3 rings (SSSR count). The molecular formula is C18H23B2F2N3O2. The SMILES string of the molecule is BC(B)(Oc1cc2n(c(=O)n1)CC(C)(C)N2C(C)C)c1cccc(F)c1F. The Morgan fingerprint density at radius 1 is 1.30 bits per heavy atom. The Balaban J connectivity index is 2.03. The zero-order valence-electron chi connectivity index (χ0n) is 16.5. The summed E-state index contributed by atoms with van der Waals surface area (Å²) < 4.78 is 35.3. The van der Waals surface area contributed by atoms with Crippen LogP contribution in [0.4, 0.5) is 14.6 Å². The third-order valence-corrected chi connectivity index (χ3v) is 4.89. The Kier molecular flexibility index (Phi) is 4.60. The average molecular weight is 373 g/mol. The van der Waals surface area contributed by atoms with E-state index in [1.54, 1.807) is 26.3 Å². The summed E-state index contributed by atoms with van der Waals surface area (Å²) in [6.45, 7) is 8.75. The molecule has 9 heteroatoms. The molecule has 0 atom stereocenters. The average Bonchev–Trinajstić information content (AvgIpc) is 2.80. The van der Waals surface area contributed by atoms with Crippen LogP contribution in [-0.2, 0) is 11.9 Å². The third kappa shape index (κ3) is 3.35. The highest BCUT2D eigenvalue weighted by Crippen LogP contribution is 2.36. The van der Waals surface area contributed by atoms with E-state index in [0.717, 1.165) is 6.07 Å². The van der Waals surface area contributed by atoms with Crippen molar-refractivity contribution in [2.75, 3.05) is 4.90 Å². The van der Waals surface area contributed by atoms with Gasteiger partial charge in [0.25, 0.3) is 0 Å². The van der Waals surface area contributed by atoms with Crippen LogP contribution in [0.1, 0.15) is 33.3 Å². The number of rotatable bonds is 4. The number of nitrogens with zero attached hydrogens (tertiary/aromatic N) is 3. The van der Waals surface area contributed by atoms with Gasteiger partial charge in [0.05, 0.1) is 17.5 Å². The molecule has 0 saturated heterocycles. The molecule has 0 bridgehead atoms. The summed E-state index contributed by atoms with van der Waals surface area (Å²) in [6, 6.07) is 5.79. The highest BCUT2D eigenvalue weighted by Gasteiger charge is 2.39. The van der Waals surface area contributed by atoms with Crippen molar-refractivity contribution in [1.82, 2.24) is 9.55 Å². The predicted molar refractivity (Wildman–Crippen MR) is 106 cm³/mol. The van der Waals surface area contributed by atoms with Gasteiger partial charge in [-0.25, -0.2) is 13.6 Å². The van der Waals surface area contributed by atoms with Crippen LogP contribution in [0, 0.1) is 11.6 Å². The van der Waals surface area contributed by atoms with Gasteiger partial charge in [0, 0.05) is 17.7 Å². The number of hydrogen-bond acceptors (Lipinski definition) is 4. The molecule has 0 amide bonds. The summed E-state index contributed by atoms with van der Waals surface area (Å²) in [5, 5.41) is -1.21. The smallest absolute Gasteiger partial charge is 0.352 e. The third-order valence-electron chi connectivity index (χ3n) is 4.89. The Morgan fingerprint density at radius 3 is 2.59 bits per heavy atom. The van der Waals surface area contributed by atoms with Crippen LogP contribution in [0.15, 0.2) is 29.1 Å². The lowest BCUT2D eigenvalue weighted by molar-refractivity contribution is 0.225. The van der Waals surface area contributed by atoms with Crippen molar-refractivity contribution in [1.29, 1.82) is 0 Å². The summed E-state index contributed by atoms with van der Waals surface area (Å²) in [5.41, 5.74) is -0.606. The van der Waals surface area contributed by atoms with Gasteiger partial charge < -0.3 is 9.64 Å². The minimum absolute atomic E-state index is 0.0611. The quantitative estimate of drug-likeness (QED) is 0.751. The lowest BCUT2D eigenvalue weighted by atomic mass is 9.61. The van der Waals surface area contributed by atoms with E-state index in [1.165, 1.54) is 12.1 Å². The van der Waals surface area contributed by atoms with Crippen molar-refractivity contribution in [3.8, 4) is 5.88 Å². The Labute approximate surface area is 159 Å². The van der Waals surface area contributed by atoms with E-state index in [0.29, 0.717) is 12.4 Å². The van der Waals surface area contributed by atoms with E-state index in [9.17, 15) is 13.6 Å². The lowest BCUT2D eigenvalue weighted by Crippen LogP contribution is -2.45. The van der Waals surface area contributed by atoms with Gasteiger partial charge in [-0.05, 0) is 33.8 Å². The Hall–Kier alpha value is -2.31. The van der Waals surface area contributed by atoms with Crippen molar-refractivity contribution in [3.05, 3.63) is 51.9 Å². The Morgan fingerprint density at radius 2 is 1.96 bits per heavy atom. The Bertz CT molecular complexity index is 945. The van der Waals surface area contributed by atoms with Crippen LogP contribution in [0.3, 0.4) is 0 Å². The summed E-state index contributed by atoms with van der Waals surface area (Å²) in [7, 11) is 3.23. The van der Waals surface area contributed by atoms with E-state index < -0.39 is 22.7 Å². The minimum atomic E-state index is -1.21. The topological polar surface area (TPSA) is 47.4 Å². The molecule has 0 saturated carbocycles. The molecule has 5 nitrogen and oxygen atoms in total. The van der Waals surface area contributed by atoms with Crippen molar-refractivity contribution < 1.29 is 13.5 Å². The zero-order chi connectivity index (χ0) is 20.1. The summed E-state index contributed by atoms with van der Waals surface area (Å²) in [4.78, 5) is 18.7. The molecule has 0 radical (unpaired) electrons. The minimum Gasteiger partial charge on any atom is -0.485 e. The normalized spacial score (nSPS) is 15.9. The first-order chi connectivity index (χ1) is 12.4. The van der Waals surface area contributed by atoms with Gasteiger partial charge in [0.1, 0.15) is 5.82 Å². The molecule has 2 heterocycles. The molecule has 0 spiro atoms. The molecule has 27 heavy (non-hydrogen) atoms. The molecule has 1 aromatic heterocycles. The molecule has 0 unspecified atom stereocenters. The van der Waals surface area contributed by atoms with Gasteiger partial charge in [0.15, 0.2) is 27.3 Å². The molecule has 1 aromatic carbocycles. The number of anilines is 1. The number of ether oxygens (including phenoxy) is 1. The van der Waals surface area contributed by atoms with E-state index in [4.69, 9.17) is 4.74 Å². The maximum absolute atomic E-state index is 14.2. The van der Waals surface area contributed by atoms with Crippen molar-refractivity contribution >= 4 is 21.5 Å². The fourth-order valence-electron chi connectivity index (χ4n) is 3.90. The fraction of sp³-hybridized carbons (Fsp3) is 0.444. The predicted octanol–water partition coefficient (Wildman–Crippen LogP) is 0.984. The van der Waals surface area contributed by atoms with Gasteiger partial charge in [-0.3, -0.25) is 4.57 Å². The molecule has 0 fully saturated rings. The first-order valence-corrected chi connectivity index (χ1v) is 8.99. The lowest BCUT2D eigenvalue weighted by Gasteiger charge is -2.36. The van der Waals surface area contributed by atoms with E-state index in [2.05, 4.69) is 37.6 Å². The summed E-state index contributed by atoms with van der Waals surface area (Å²) in [6.07, 6.45) is 0. The largest absolute Gasteiger partial charge is 0.485 e. The number of fused-ring (bicyclic) bond motifs is 1. The highest BCUT2D eigenvalue weighted by atomic mass is 19.2. The molecule has 2 aromatic rings. The number of hydrogen-bond donors (Lipinski definition) is 0. The highest BCUT2D eigenvalue weighted by molar-refractivity contribution is 6.39.